The second-order valence-electron chi connectivity index (χ2n) is 1.55. The Bertz CT molecular complexity index is 38.7. The van der Waals surface area contributed by atoms with Crippen LogP contribution in [0.1, 0.15) is 6.92 Å². The van der Waals surface area contributed by atoms with Crippen molar-refractivity contribution < 1.29 is 0 Å². The van der Waals surface area contributed by atoms with Gasteiger partial charge >= 0.3 is 0 Å². The van der Waals surface area contributed by atoms with Crippen LogP contribution in [-0.2, 0) is 0 Å². The van der Waals surface area contributed by atoms with E-state index in [2.05, 4.69) is 20.6 Å². The molecule has 0 bridgehead atoms. The Morgan fingerprint density at radius 1 is 1.43 bits per heavy atom. The van der Waals surface area contributed by atoms with Gasteiger partial charge in [0.2, 0.25) is 5.99 Å². The van der Waals surface area contributed by atoms with Gasteiger partial charge in [-0.3, -0.25) is 0 Å². The quantitative estimate of drug-likeness (QED) is 0.429. The molecular formula is C4H11BS2. The first-order valence-electron chi connectivity index (χ1n) is 2.55. The molecule has 0 unspecified atom stereocenters. The average Bonchev–Trinajstić information content (AvgIpc) is 1.61. The average molecular weight is 134 g/mol. The van der Waals surface area contributed by atoms with Crippen molar-refractivity contribution in [3.63, 3.8) is 0 Å². The lowest BCUT2D eigenvalue weighted by atomic mass is 9.84. The molecule has 0 rings (SSSR count). The summed E-state index contributed by atoms with van der Waals surface area (Å²) in [6.45, 7) is 6.61. The molecule has 0 radical (unpaired) electrons. The van der Waals surface area contributed by atoms with E-state index in [9.17, 15) is 0 Å². The summed E-state index contributed by atoms with van der Waals surface area (Å²) in [6, 6.07) is 0. The summed E-state index contributed by atoms with van der Waals surface area (Å²) in [6.07, 6.45) is 0. The second-order valence-corrected chi connectivity index (χ2v) is 4.78. The fourth-order valence-corrected chi connectivity index (χ4v) is 1.84. The Morgan fingerprint density at radius 3 is 2.14 bits per heavy atom. The molecule has 0 aromatic rings. The zero-order chi connectivity index (χ0) is 5.70. The smallest absolute Gasteiger partial charge is 0.146 e. The van der Waals surface area contributed by atoms with Gasteiger partial charge in [-0.25, -0.2) is 0 Å². The van der Waals surface area contributed by atoms with Crippen molar-refractivity contribution in [3.05, 3.63) is 0 Å². The monoisotopic (exact) mass is 134 g/mol. The van der Waals surface area contributed by atoms with Crippen LogP contribution in [0.25, 0.3) is 0 Å². The zero-order valence-electron chi connectivity index (χ0n) is 5.10. The third-order valence-electron chi connectivity index (χ3n) is 0.378. The summed E-state index contributed by atoms with van der Waals surface area (Å²) < 4.78 is 0. The van der Waals surface area contributed by atoms with E-state index >= 15 is 0 Å². The third kappa shape index (κ3) is 6.76. The minimum absolute atomic E-state index is 0.782. The zero-order valence-corrected chi connectivity index (χ0v) is 6.73. The van der Waals surface area contributed by atoms with Crippen molar-refractivity contribution in [2.45, 2.75) is 20.6 Å². The van der Waals surface area contributed by atoms with E-state index < -0.39 is 0 Å². The van der Waals surface area contributed by atoms with Gasteiger partial charge in [0.15, 0.2) is 0 Å². The maximum absolute atomic E-state index is 2.22. The lowest BCUT2D eigenvalue weighted by molar-refractivity contribution is 1.54. The molecule has 0 N–H and O–H groups in total. The highest BCUT2D eigenvalue weighted by Crippen LogP contribution is 2.22. The van der Waals surface area contributed by atoms with E-state index in [1.165, 1.54) is 5.75 Å². The van der Waals surface area contributed by atoms with Crippen molar-refractivity contribution in [2.75, 3.05) is 5.75 Å². The van der Waals surface area contributed by atoms with Crippen LogP contribution in [0.4, 0.5) is 0 Å². The van der Waals surface area contributed by atoms with E-state index in [0.717, 1.165) is 5.99 Å². The van der Waals surface area contributed by atoms with E-state index in [1.54, 1.807) is 0 Å². The fraction of sp³-hybridized carbons (Fsp3) is 1.00. The highest BCUT2D eigenvalue weighted by Gasteiger charge is 1.95. The van der Waals surface area contributed by atoms with E-state index in [1.807, 2.05) is 21.4 Å². The largest absolute Gasteiger partial charge is 0.217 e. The number of hydrogen-bond acceptors (Lipinski definition) is 2. The molecule has 3 heteroatoms. The maximum atomic E-state index is 2.22. The normalized spacial score (nSPS) is 9.00. The first kappa shape index (κ1) is 7.76. The van der Waals surface area contributed by atoms with Gasteiger partial charge in [0.1, 0.15) is 0 Å². The van der Waals surface area contributed by atoms with Crippen LogP contribution in [0.2, 0.25) is 13.6 Å². The standard InChI is InChI=1S/C4H11BS2/c1-4-6-7-5(2)3/h4H2,1-3H3. The SMILES string of the molecule is CCSSB(C)C. The summed E-state index contributed by atoms with van der Waals surface area (Å²) >= 11 is 0. The molecule has 0 aliphatic heterocycles. The highest BCUT2D eigenvalue weighted by atomic mass is 33.1. The molecule has 0 saturated carbocycles. The third-order valence-corrected chi connectivity index (χ3v) is 3.41. The maximum Gasteiger partial charge on any atom is 0.217 e. The molecule has 0 aromatic heterocycles. The molecule has 0 fully saturated rings. The van der Waals surface area contributed by atoms with Crippen LogP contribution in [0.15, 0.2) is 0 Å². The van der Waals surface area contributed by atoms with Gasteiger partial charge in [0.05, 0.1) is 0 Å². The van der Waals surface area contributed by atoms with Gasteiger partial charge < -0.3 is 0 Å². The Labute approximate surface area is 54.2 Å². The van der Waals surface area contributed by atoms with Gasteiger partial charge in [0.25, 0.3) is 0 Å². The molecule has 0 spiro atoms. The van der Waals surface area contributed by atoms with Gasteiger partial charge in [-0.1, -0.05) is 20.6 Å². The Balaban J connectivity index is 2.68. The van der Waals surface area contributed by atoms with Crippen LogP contribution in [0, 0.1) is 0 Å². The molecule has 0 nitrogen and oxygen atoms in total. The van der Waals surface area contributed by atoms with Gasteiger partial charge in [-0.2, -0.15) is 0 Å². The summed E-state index contributed by atoms with van der Waals surface area (Å²) in [5.74, 6) is 2.01. The molecule has 7 heavy (non-hydrogen) atoms. The van der Waals surface area contributed by atoms with Crippen LogP contribution >= 0.6 is 21.4 Å². The van der Waals surface area contributed by atoms with Crippen LogP contribution < -0.4 is 0 Å². The van der Waals surface area contributed by atoms with E-state index in [0.29, 0.717) is 0 Å². The lowest BCUT2D eigenvalue weighted by Gasteiger charge is -1.94. The van der Waals surface area contributed by atoms with Crippen LogP contribution in [0.5, 0.6) is 0 Å². The minimum atomic E-state index is 0.782. The van der Waals surface area contributed by atoms with Crippen molar-refractivity contribution in [1.29, 1.82) is 0 Å². The molecule has 0 heterocycles. The summed E-state index contributed by atoms with van der Waals surface area (Å²) in [4.78, 5) is 0. The molecule has 0 aromatic carbocycles. The Hall–Kier alpha value is 0.765. The van der Waals surface area contributed by atoms with Gasteiger partial charge in [0, 0.05) is 0 Å². The van der Waals surface area contributed by atoms with Crippen molar-refractivity contribution in [2.24, 2.45) is 0 Å². The molecular weight excluding hydrogens is 123 g/mol. The van der Waals surface area contributed by atoms with Crippen LogP contribution in [-0.4, -0.2) is 11.7 Å². The Kier molecular flexibility index (Phi) is 5.45. The fourth-order valence-electron chi connectivity index (χ4n) is 0.204. The second kappa shape index (κ2) is 4.91. The molecule has 42 valence electrons. The number of hydrogen-bond donors (Lipinski definition) is 0. The van der Waals surface area contributed by atoms with E-state index in [-0.39, 0.29) is 0 Å². The van der Waals surface area contributed by atoms with Gasteiger partial charge in [-0.15, -0.1) is 21.4 Å². The van der Waals surface area contributed by atoms with Crippen molar-refractivity contribution >= 4 is 27.4 Å². The summed E-state index contributed by atoms with van der Waals surface area (Å²) in [5.41, 5.74) is 0. The molecule has 0 aliphatic rings. The first-order chi connectivity index (χ1) is 3.27. The van der Waals surface area contributed by atoms with Crippen molar-refractivity contribution in [1.82, 2.24) is 0 Å². The van der Waals surface area contributed by atoms with Crippen molar-refractivity contribution in [3.8, 4) is 0 Å². The molecule has 0 amide bonds. The Morgan fingerprint density at radius 2 is 2.00 bits per heavy atom. The number of rotatable bonds is 3. The topological polar surface area (TPSA) is 0 Å². The molecule has 0 atom stereocenters. The predicted octanol–water partition coefficient (Wildman–Crippen LogP) is 2.64. The predicted molar refractivity (Wildman–Crippen MR) is 43.2 cm³/mol. The highest BCUT2D eigenvalue weighted by molar-refractivity contribution is 8.86. The lowest BCUT2D eigenvalue weighted by Crippen LogP contribution is -1.86. The first-order valence-corrected chi connectivity index (χ1v) is 4.93. The summed E-state index contributed by atoms with van der Waals surface area (Å²) in [7, 11) is 3.88. The van der Waals surface area contributed by atoms with E-state index in [4.69, 9.17) is 0 Å². The molecule has 0 aliphatic carbocycles. The minimum Gasteiger partial charge on any atom is -0.146 e. The summed E-state index contributed by atoms with van der Waals surface area (Å²) in [5, 5.41) is 0. The van der Waals surface area contributed by atoms with Gasteiger partial charge in [-0.05, 0) is 5.75 Å². The van der Waals surface area contributed by atoms with Crippen LogP contribution in [0.3, 0.4) is 0 Å². The molecule has 0 saturated heterocycles.